The van der Waals surface area contributed by atoms with Crippen LogP contribution in [0, 0.1) is 6.92 Å². The number of benzene rings is 1. The van der Waals surface area contributed by atoms with Crippen molar-refractivity contribution in [2.75, 3.05) is 26.3 Å². The van der Waals surface area contributed by atoms with Gasteiger partial charge in [0, 0.05) is 24.0 Å². The molecule has 1 aromatic carbocycles. The van der Waals surface area contributed by atoms with Crippen molar-refractivity contribution in [1.82, 2.24) is 14.9 Å². The highest BCUT2D eigenvalue weighted by molar-refractivity contribution is 6.31. The lowest BCUT2D eigenvalue weighted by Crippen LogP contribution is -2.58. The molecule has 2 amide bonds. The first-order valence-electron chi connectivity index (χ1n) is 8.76. The van der Waals surface area contributed by atoms with Gasteiger partial charge in [0.1, 0.15) is 18.0 Å². The molecule has 0 radical (unpaired) electrons. The Bertz CT molecular complexity index is 864. The van der Waals surface area contributed by atoms with Crippen molar-refractivity contribution in [3.63, 3.8) is 0 Å². The van der Waals surface area contributed by atoms with Crippen LogP contribution in [-0.2, 0) is 9.53 Å². The number of morpholine rings is 1. The Morgan fingerprint density at radius 2 is 2.11 bits per heavy atom. The lowest BCUT2D eigenvalue weighted by Gasteiger charge is -2.41. The molecule has 0 saturated carbocycles. The molecule has 8 nitrogen and oxygen atoms in total. The van der Waals surface area contributed by atoms with Crippen LogP contribution in [0.3, 0.4) is 0 Å². The lowest BCUT2D eigenvalue weighted by atomic mass is 9.97. The van der Waals surface area contributed by atoms with Gasteiger partial charge in [-0.3, -0.25) is 9.59 Å². The number of carbonyl (C=O) groups is 2. The maximum Gasteiger partial charge on any atom is 0.291 e. The lowest BCUT2D eigenvalue weighted by molar-refractivity contribution is -0.142. The van der Waals surface area contributed by atoms with E-state index in [4.69, 9.17) is 26.8 Å². The van der Waals surface area contributed by atoms with E-state index in [0.29, 0.717) is 17.3 Å². The molecule has 2 N–H and O–H groups in total. The fourth-order valence-corrected chi connectivity index (χ4v) is 3.17. The highest BCUT2D eigenvalue weighted by atomic mass is 35.5. The molecule has 0 unspecified atom stereocenters. The maximum absolute atomic E-state index is 12.7. The third kappa shape index (κ3) is 4.76. The first-order valence-corrected chi connectivity index (χ1v) is 9.14. The smallest absolute Gasteiger partial charge is 0.291 e. The van der Waals surface area contributed by atoms with Crippen molar-refractivity contribution < 1.29 is 19.1 Å². The number of nitrogens with two attached hydrogens (primary N) is 1. The van der Waals surface area contributed by atoms with E-state index in [2.05, 4.69) is 9.97 Å². The summed E-state index contributed by atoms with van der Waals surface area (Å²) in [6, 6.07) is 6.90. The van der Waals surface area contributed by atoms with Gasteiger partial charge in [0.25, 0.3) is 5.91 Å². The summed E-state index contributed by atoms with van der Waals surface area (Å²) in [5.41, 5.74) is 5.25. The second-order valence-electron chi connectivity index (χ2n) is 6.67. The summed E-state index contributed by atoms with van der Waals surface area (Å²) in [5, 5.41) is 0.632. The van der Waals surface area contributed by atoms with Crippen molar-refractivity contribution in [1.29, 1.82) is 0 Å². The van der Waals surface area contributed by atoms with E-state index < -0.39 is 11.5 Å². The third-order valence-electron chi connectivity index (χ3n) is 4.42. The Labute approximate surface area is 167 Å². The molecule has 1 atom stereocenters. The van der Waals surface area contributed by atoms with Gasteiger partial charge in [0.15, 0.2) is 0 Å². The molecule has 1 aromatic heterocycles. The summed E-state index contributed by atoms with van der Waals surface area (Å²) in [5.74, 6) is -0.197. The molecule has 2 heterocycles. The molecular formula is C19H21ClN4O4. The number of amides is 2. The predicted molar refractivity (Wildman–Crippen MR) is 102 cm³/mol. The molecule has 2 aromatic rings. The van der Waals surface area contributed by atoms with Gasteiger partial charge in [-0.15, -0.1) is 0 Å². The van der Waals surface area contributed by atoms with Gasteiger partial charge in [-0.25, -0.2) is 9.97 Å². The van der Waals surface area contributed by atoms with Crippen LogP contribution in [0.15, 0.2) is 36.7 Å². The zero-order valence-corrected chi connectivity index (χ0v) is 16.2. The second kappa shape index (κ2) is 8.53. The number of halogens is 1. The fraction of sp³-hybridized carbons (Fsp3) is 0.368. The number of aryl methyl sites for hydroxylation is 1. The summed E-state index contributed by atoms with van der Waals surface area (Å²) in [7, 11) is 0. The average molecular weight is 405 g/mol. The number of hydrogen-bond acceptors (Lipinski definition) is 6. The fourth-order valence-electron chi connectivity index (χ4n) is 3.05. The molecule has 0 spiro atoms. The van der Waals surface area contributed by atoms with E-state index in [1.807, 2.05) is 6.92 Å². The number of rotatable bonds is 6. The minimum absolute atomic E-state index is 0.0520. The summed E-state index contributed by atoms with van der Waals surface area (Å²) < 4.78 is 11.7. The van der Waals surface area contributed by atoms with Crippen molar-refractivity contribution >= 4 is 23.4 Å². The Morgan fingerprint density at radius 1 is 1.36 bits per heavy atom. The van der Waals surface area contributed by atoms with Crippen LogP contribution < -0.4 is 10.5 Å². The number of aromatic nitrogens is 2. The van der Waals surface area contributed by atoms with Crippen LogP contribution in [-0.4, -0.2) is 58.6 Å². The number of ether oxygens (including phenoxy) is 2. The van der Waals surface area contributed by atoms with Crippen molar-refractivity contribution in [3.05, 3.63) is 53.1 Å². The Hall–Kier alpha value is -2.71. The molecule has 9 heteroatoms. The van der Waals surface area contributed by atoms with E-state index in [0.717, 1.165) is 5.56 Å². The van der Waals surface area contributed by atoms with Gasteiger partial charge >= 0.3 is 0 Å². The molecule has 3 rings (SSSR count). The molecule has 1 aliphatic rings. The number of carbonyl (C=O) groups excluding carboxylic acids is 2. The van der Waals surface area contributed by atoms with E-state index in [1.165, 1.54) is 12.4 Å². The monoisotopic (exact) mass is 404 g/mol. The number of hydrogen-bond donors (Lipinski definition) is 1. The van der Waals surface area contributed by atoms with Gasteiger partial charge in [-0.1, -0.05) is 11.6 Å². The highest BCUT2D eigenvalue weighted by Gasteiger charge is 2.41. The predicted octanol–water partition coefficient (Wildman–Crippen LogP) is 1.60. The summed E-state index contributed by atoms with van der Waals surface area (Å²) in [6.07, 6.45) is 2.92. The van der Waals surface area contributed by atoms with Crippen molar-refractivity contribution in [2.24, 2.45) is 5.73 Å². The zero-order chi connectivity index (χ0) is 20.1. The molecule has 28 heavy (non-hydrogen) atoms. The summed E-state index contributed by atoms with van der Waals surface area (Å²) in [4.78, 5) is 33.9. The van der Waals surface area contributed by atoms with Gasteiger partial charge in [0.2, 0.25) is 11.7 Å². The zero-order valence-electron chi connectivity index (χ0n) is 15.4. The molecular weight excluding hydrogens is 384 g/mol. The van der Waals surface area contributed by atoms with Crippen LogP contribution in [0.1, 0.15) is 22.6 Å². The first kappa shape index (κ1) is 20.0. The Morgan fingerprint density at radius 3 is 2.79 bits per heavy atom. The topological polar surface area (TPSA) is 108 Å². The summed E-state index contributed by atoms with van der Waals surface area (Å²) >= 11 is 6.04. The Balaban J connectivity index is 1.76. The van der Waals surface area contributed by atoms with Crippen LogP contribution in [0.5, 0.6) is 5.75 Å². The Kier molecular flexibility index (Phi) is 6.11. The SMILES string of the molecule is Cc1cc(OC[C@@]2(CC(N)=O)CN(C(=O)c3ncccn3)CCO2)ccc1Cl. The van der Waals surface area contributed by atoms with Crippen molar-refractivity contribution in [2.45, 2.75) is 18.9 Å². The molecule has 0 bridgehead atoms. The van der Waals surface area contributed by atoms with E-state index in [9.17, 15) is 9.59 Å². The van der Waals surface area contributed by atoms with Gasteiger partial charge in [0.05, 0.1) is 19.6 Å². The van der Waals surface area contributed by atoms with Crippen molar-refractivity contribution in [3.8, 4) is 5.75 Å². The van der Waals surface area contributed by atoms with Gasteiger partial charge in [-0.05, 0) is 36.8 Å². The summed E-state index contributed by atoms with van der Waals surface area (Å²) in [6.45, 7) is 2.66. The maximum atomic E-state index is 12.7. The molecule has 1 fully saturated rings. The minimum Gasteiger partial charge on any atom is -0.490 e. The van der Waals surface area contributed by atoms with Crippen LogP contribution in [0.4, 0.5) is 0 Å². The number of primary amides is 1. The first-order chi connectivity index (χ1) is 13.4. The van der Waals surface area contributed by atoms with Gasteiger partial charge < -0.3 is 20.1 Å². The molecule has 148 valence electrons. The largest absolute Gasteiger partial charge is 0.490 e. The van der Waals surface area contributed by atoms with E-state index >= 15 is 0 Å². The van der Waals surface area contributed by atoms with E-state index in [1.54, 1.807) is 29.2 Å². The molecule has 0 aliphatic carbocycles. The van der Waals surface area contributed by atoms with Crippen LogP contribution in [0.2, 0.25) is 5.02 Å². The average Bonchev–Trinajstić information content (AvgIpc) is 2.69. The molecule has 1 saturated heterocycles. The van der Waals surface area contributed by atoms with Gasteiger partial charge in [-0.2, -0.15) is 0 Å². The highest BCUT2D eigenvalue weighted by Crippen LogP contribution is 2.26. The minimum atomic E-state index is -1.05. The van der Waals surface area contributed by atoms with Crippen LogP contribution in [0.25, 0.3) is 0 Å². The van der Waals surface area contributed by atoms with E-state index in [-0.39, 0.29) is 37.9 Å². The number of nitrogens with zero attached hydrogens (tertiary/aromatic N) is 3. The normalized spacial score (nSPS) is 19.3. The molecule has 1 aliphatic heterocycles. The van der Waals surface area contributed by atoms with Crippen LogP contribution >= 0.6 is 11.6 Å². The quantitative estimate of drug-likeness (QED) is 0.783. The standard InChI is InChI=1S/C19H21ClN4O4/c1-13-9-14(3-4-15(13)20)27-12-19(10-16(21)25)11-24(7-8-28-19)18(26)17-22-5-2-6-23-17/h2-6,9H,7-8,10-12H2,1H3,(H2,21,25)/t19-/m1/s1. The second-order valence-corrected chi connectivity index (χ2v) is 7.08. The third-order valence-corrected chi connectivity index (χ3v) is 4.84.